The van der Waals surface area contributed by atoms with Crippen molar-refractivity contribution >= 4 is 5.95 Å². The van der Waals surface area contributed by atoms with E-state index in [0.717, 1.165) is 5.56 Å². The molecular formula is C11H12N8. The SMILES string of the molecule is CNc1nc(-c2cnn(C)c2)nc(-n2ccnc2)n1. The minimum Gasteiger partial charge on any atom is -0.357 e. The minimum absolute atomic E-state index is 0.498. The molecule has 0 bridgehead atoms. The van der Waals surface area contributed by atoms with Crippen LogP contribution in [-0.2, 0) is 7.05 Å². The third-order valence-electron chi connectivity index (χ3n) is 2.55. The fourth-order valence-corrected chi connectivity index (χ4v) is 1.64. The number of hydrogen-bond acceptors (Lipinski definition) is 6. The van der Waals surface area contributed by atoms with Gasteiger partial charge in [-0.05, 0) is 0 Å². The van der Waals surface area contributed by atoms with Gasteiger partial charge in [0.25, 0.3) is 0 Å². The first-order valence-corrected chi connectivity index (χ1v) is 5.67. The van der Waals surface area contributed by atoms with E-state index in [0.29, 0.717) is 17.7 Å². The Morgan fingerprint density at radius 2 is 2.11 bits per heavy atom. The normalized spacial score (nSPS) is 10.6. The van der Waals surface area contributed by atoms with Crippen LogP contribution in [0, 0.1) is 0 Å². The second-order valence-electron chi connectivity index (χ2n) is 3.91. The summed E-state index contributed by atoms with van der Waals surface area (Å²) < 4.78 is 3.43. The molecule has 0 aromatic carbocycles. The Hall–Kier alpha value is -2.77. The van der Waals surface area contributed by atoms with Crippen molar-refractivity contribution < 1.29 is 0 Å². The average Bonchev–Trinajstić information content (AvgIpc) is 3.09. The van der Waals surface area contributed by atoms with Gasteiger partial charge in [-0.3, -0.25) is 9.25 Å². The molecular weight excluding hydrogens is 244 g/mol. The number of anilines is 1. The molecule has 0 amide bonds. The van der Waals surface area contributed by atoms with E-state index in [9.17, 15) is 0 Å². The van der Waals surface area contributed by atoms with Gasteiger partial charge in [0.05, 0.1) is 11.8 Å². The molecule has 0 aliphatic heterocycles. The molecule has 0 radical (unpaired) electrons. The van der Waals surface area contributed by atoms with E-state index >= 15 is 0 Å². The summed E-state index contributed by atoms with van der Waals surface area (Å²) in [5.74, 6) is 1.57. The van der Waals surface area contributed by atoms with Gasteiger partial charge in [-0.1, -0.05) is 0 Å². The van der Waals surface area contributed by atoms with Crippen molar-refractivity contribution in [3.05, 3.63) is 31.1 Å². The van der Waals surface area contributed by atoms with Crippen LogP contribution in [0.2, 0.25) is 0 Å². The largest absolute Gasteiger partial charge is 0.357 e. The van der Waals surface area contributed by atoms with E-state index in [4.69, 9.17) is 0 Å². The lowest BCUT2D eigenvalue weighted by Crippen LogP contribution is -2.06. The van der Waals surface area contributed by atoms with E-state index in [2.05, 4.69) is 30.4 Å². The van der Waals surface area contributed by atoms with E-state index in [1.165, 1.54) is 0 Å². The fraction of sp³-hybridized carbons (Fsp3) is 0.182. The van der Waals surface area contributed by atoms with Gasteiger partial charge in [0.1, 0.15) is 6.33 Å². The molecule has 0 spiro atoms. The van der Waals surface area contributed by atoms with Crippen molar-refractivity contribution in [3.8, 4) is 17.3 Å². The Balaban J connectivity index is 2.12. The molecule has 0 atom stereocenters. The zero-order valence-electron chi connectivity index (χ0n) is 10.5. The molecule has 8 heteroatoms. The first-order valence-electron chi connectivity index (χ1n) is 5.67. The molecule has 0 unspecified atom stereocenters. The first kappa shape index (κ1) is 11.3. The summed E-state index contributed by atoms with van der Waals surface area (Å²) in [6, 6.07) is 0. The smallest absolute Gasteiger partial charge is 0.240 e. The predicted octanol–water partition coefficient (Wildman–Crippen LogP) is 0.499. The molecule has 3 aromatic heterocycles. The van der Waals surface area contributed by atoms with Crippen molar-refractivity contribution in [1.29, 1.82) is 0 Å². The maximum atomic E-state index is 4.41. The van der Waals surface area contributed by atoms with E-state index < -0.39 is 0 Å². The Morgan fingerprint density at radius 3 is 2.74 bits per heavy atom. The number of aromatic nitrogens is 7. The highest BCUT2D eigenvalue weighted by molar-refractivity contribution is 5.54. The molecule has 3 aromatic rings. The number of rotatable bonds is 3. The summed E-state index contributed by atoms with van der Waals surface area (Å²) in [5, 5.41) is 7.04. The van der Waals surface area contributed by atoms with Crippen molar-refractivity contribution in [1.82, 2.24) is 34.3 Å². The van der Waals surface area contributed by atoms with E-state index in [1.807, 2.05) is 13.2 Å². The second-order valence-corrected chi connectivity index (χ2v) is 3.91. The number of aryl methyl sites for hydroxylation is 1. The van der Waals surface area contributed by atoms with Crippen LogP contribution in [-0.4, -0.2) is 41.3 Å². The third kappa shape index (κ3) is 2.15. The van der Waals surface area contributed by atoms with Crippen LogP contribution in [0.25, 0.3) is 17.3 Å². The highest BCUT2D eigenvalue weighted by Crippen LogP contribution is 2.16. The summed E-state index contributed by atoms with van der Waals surface area (Å²) in [5.41, 5.74) is 0.836. The van der Waals surface area contributed by atoms with Gasteiger partial charge in [-0.25, -0.2) is 4.98 Å². The fourth-order valence-electron chi connectivity index (χ4n) is 1.64. The van der Waals surface area contributed by atoms with Crippen molar-refractivity contribution in [2.75, 3.05) is 12.4 Å². The van der Waals surface area contributed by atoms with Crippen molar-refractivity contribution in [2.24, 2.45) is 7.05 Å². The maximum absolute atomic E-state index is 4.41. The Bertz CT molecular complexity index is 685. The lowest BCUT2D eigenvalue weighted by Gasteiger charge is -2.05. The van der Waals surface area contributed by atoms with Gasteiger partial charge in [0.15, 0.2) is 5.82 Å². The van der Waals surface area contributed by atoms with Gasteiger partial charge in [-0.2, -0.15) is 20.1 Å². The number of nitrogens with one attached hydrogen (secondary N) is 1. The average molecular weight is 256 g/mol. The minimum atomic E-state index is 0.498. The van der Waals surface area contributed by atoms with Crippen LogP contribution < -0.4 is 5.32 Å². The van der Waals surface area contributed by atoms with Crippen LogP contribution in [0.4, 0.5) is 5.95 Å². The molecule has 0 saturated carbocycles. The summed E-state index contributed by atoms with van der Waals surface area (Å²) in [7, 11) is 3.61. The third-order valence-corrected chi connectivity index (χ3v) is 2.55. The summed E-state index contributed by atoms with van der Waals surface area (Å²) in [6.45, 7) is 0. The molecule has 96 valence electrons. The maximum Gasteiger partial charge on any atom is 0.240 e. The van der Waals surface area contributed by atoms with Crippen molar-refractivity contribution in [2.45, 2.75) is 0 Å². The molecule has 0 aliphatic rings. The molecule has 0 aliphatic carbocycles. The summed E-state index contributed by atoms with van der Waals surface area (Å²) >= 11 is 0. The summed E-state index contributed by atoms with van der Waals surface area (Å²) in [4.78, 5) is 17.0. The zero-order valence-corrected chi connectivity index (χ0v) is 10.5. The van der Waals surface area contributed by atoms with Gasteiger partial charge in [0, 0.05) is 32.7 Å². The van der Waals surface area contributed by atoms with Crippen LogP contribution in [0.1, 0.15) is 0 Å². The topological polar surface area (TPSA) is 86.3 Å². The van der Waals surface area contributed by atoms with Crippen LogP contribution in [0.3, 0.4) is 0 Å². The summed E-state index contributed by atoms with van der Waals surface area (Å²) in [6.07, 6.45) is 8.66. The monoisotopic (exact) mass is 256 g/mol. The molecule has 3 rings (SSSR count). The second kappa shape index (κ2) is 4.48. The Morgan fingerprint density at radius 1 is 1.21 bits per heavy atom. The van der Waals surface area contributed by atoms with Crippen LogP contribution in [0.5, 0.6) is 0 Å². The Labute approximate surface area is 109 Å². The highest BCUT2D eigenvalue weighted by atomic mass is 15.3. The molecule has 19 heavy (non-hydrogen) atoms. The molecule has 0 saturated heterocycles. The number of nitrogens with zero attached hydrogens (tertiary/aromatic N) is 7. The van der Waals surface area contributed by atoms with Gasteiger partial charge in [-0.15, -0.1) is 0 Å². The molecule has 1 N–H and O–H groups in total. The predicted molar refractivity (Wildman–Crippen MR) is 68.7 cm³/mol. The number of hydrogen-bond donors (Lipinski definition) is 1. The van der Waals surface area contributed by atoms with Gasteiger partial charge < -0.3 is 5.32 Å². The van der Waals surface area contributed by atoms with E-state index in [1.54, 1.807) is 41.2 Å². The van der Waals surface area contributed by atoms with Crippen LogP contribution in [0.15, 0.2) is 31.1 Å². The number of imidazole rings is 1. The molecule has 3 heterocycles. The molecule has 8 nitrogen and oxygen atoms in total. The highest BCUT2D eigenvalue weighted by Gasteiger charge is 2.10. The Kier molecular flexibility index (Phi) is 2.67. The van der Waals surface area contributed by atoms with Crippen molar-refractivity contribution in [3.63, 3.8) is 0 Å². The van der Waals surface area contributed by atoms with E-state index in [-0.39, 0.29) is 0 Å². The lowest BCUT2D eigenvalue weighted by molar-refractivity contribution is 0.768. The molecule has 0 fully saturated rings. The quantitative estimate of drug-likeness (QED) is 0.734. The lowest BCUT2D eigenvalue weighted by atomic mass is 10.3. The first-order chi connectivity index (χ1) is 9.26. The zero-order chi connectivity index (χ0) is 13.2. The standard InChI is InChI=1S/C11H12N8/c1-12-10-15-9(8-5-14-18(2)6-8)16-11(17-10)19-4-3-13-7-19/h3-7H,1-2H3,(H,12,15,16,17). The van der Waals surface area contributed by atoms with Gasteiger partial charge in [0.2, 0.25) is 11.9 Å². The van der Waals surface area contributed by atoms with Crippen LogP contribution >= 0.6 is 0 Å². The van der Waals surface area contributed by atoms with Gasteiger partial charge >= 0.3 is 0 Å².